The van der Waals surface area contributed by atoms with E-state index in [1.165, 1.54) is 70.6 Å². The molecule has 146 valence electrons. The summed E-state index contributed by atoms with van der Waals surface area (Å²) in [5.74, 6) is 0. The third-order valence-corrected chi connectivity index (χ3v) is 4.20. The van der Waals surface area contributed by atoms with Crippen LogP contribution >= 0.6 is 0 Å². The highest BCUT2D eigenvalue weighted by atomic mass is 16.5. The molecule has 0 rings (SSSR count). The van der Waals surface area contributed by atoms with E-state index in [1.807, 2.05) is 0 Å². The number of hydrogen-bond acceptors (Lipinski definition) is 4. The van der Waals surface area contributed by atoms with Crippen LogP contribution in [0.5, 0.6) is 0 Å². The van der Waals surface area contributed by atoms with Gasteiger partial charge in [0.15, 0.2) is 0 Å². The Morgan fingerprint density at radius 3 is 1.71 bits per heavy atom. The van der Waals surface area contributed by atoms with E-state index in [0.29, 0.717) is 39.1 Å². The average molecular weight is 347 g/mol. The van der Waals surface area contributed by atoms with E-state index < -0.39 is 0 Å². The van der Waals surface area contributed by atoms with Crippen molar-refractivity contribution in [1.82, 2.24) is 0 Å². The van der Waals surface area contributed by atoms with Crippen LogP contribution in [-0.2, 0) is 14.2 Å². The molecule has 0 fully saturated rings. The van der Waals surface area contributed by atoms with Gasteiger partial charge in [-0.25, -0.2) is 0 Å². The van der Waals surface area contributed by atoms with E-state index in [9.17, 15) is 0 Å². The van der Waals surface area contributed by atoms with E-state index >= 15 is 0 Å². The minimum Gasteiger partial charge on any atom is -0.394 e. The first-order valence-corrected chi connectivity index (χ1v) is 10.2. The summed E-state index contributed by atoms with van der Waals surface area (Å²) >= 11 is 0. The molecule has 24 heavy (non-hydrogen) atoms. The van der Waals surface area contributed by atoms with Crippen molar-refractivity contribution in [3.63, 3.8) is 0 Å². The summed E-state index contributed by atoms with van der Waals surface area (Å²) < 4.78 is 16.7. The molecule has 0 bridgehead atoms. The van der Waals surface area contributed by atoms with Gasteiger partial charge in [-0.15, -0.1) is 0 Å². The van der Waals surface area contributed by atoms with Crippen LogP contribution in [0.3, 0.4) is 0 Å². The highest BCUT2D eigenvalue weighted by Crippen LogP contribution is 2.15. The second-order valence-corrected chi connectivity index (χ2v) is 6.49. The molecule has 0 saturated carbocycles. The quantitative estimate of drug-likeness (QED) is 0.324. The molecule has 1 N–H and O–H groups in total. The summed E-state index contributed by atoms with van der Waals surface area (Å²) in [7, 11) is 0. The van der Waals surface area contributed by atoms with Crippen molar-refractivity contribution in [2.75, 3.05) is 39.6 Å². The lowest BCUT2D eigenvalue weighted by Gasteiger charge is -2.18. The first kappa shape index (κ1) is 23.8. The molecule has 0 spiro atoms. The van der Waals surface area contributed by atoms with Gasteiger partial charge in [0.25, 0.3) is 0 Å². The fraction of sp³-hybridized carbons (Fsp3) is 1.00. The second kappa shape index (κ2) is 20.9. The molecule has 0 amide bonds. The van der Waals surface area contributed by atoms with Gasteiger partial charge in [0.05, 0.1) is 45.7 Å². The van der Waals surface area contributed by atoms with Crippen molar-refractivity contribution in [2.45, 2.75) is 90.6 Å². The maximum absolute atomic E-state index is 8.61. The summed E-state index contributed by atoms with van der Waals surface area (Å²) in [6, 6.07) is 0. The second-order valence-electron chi connectivity index (χ2n) is 6.49. The Balaban J connectivity index is 3.67. The molecule has 0 aromatic rings. The van der Waals surface area contributed by atoms with Gasteiger partial charge in [0, 0.05) is 0 Å². The Kier molecular flexibility index (Phi) is 20.7. The summed E-state index contributed by atoms with van der Waals surface area (Å²) in [4.78, 5) is 0. The zero-order valence-corrected chi connectivity index (χ0v) is 16.3. The largest absolute Gasteiger partial charge is 0.394 e. The molecule has 1 atom stereocenters. The van der Waals surface area contributed by atoms with E-state index in [1.54, 1.807) is 0 Å². The normalized spacial score (nSPS) is 12.6. The summed E-state index contributed by atoms with van der Waals surface area (Å²) in [6.07, 6.45) is 14.6. The molecule has 0 radical (unpaired) electrons. The molecule has 0 heterocycles. The van der Waals surface area contributed by atoms with Crippen LogP contribution in [-0.4, -0.2) is 50.9 Å². The highest BCUT2D eigenvalue weighted by molar-refractivity contribution is 4.60. The van der Waals surface area contributed by atoms with Gasteiger partial charge >= 0.3 is 0 Å². The summed E-state index contributed by atoms with van der Waals surface area (Å²) in [6.45, 7) is 7.38. The molecule has 1 unspecified atom stereocenters. The molecule has 4 nitrogen and oxygen atoms in total. The average Bonchev–Trinajstić information content (AvgIpc) is 2.60. The predicted octanol–water partition coefficient (Wildman–Crippen LogP) is 4.73. The Bertz CT molecular complexity index is 224. The Morgan fingerprint density at radius 2 is 1.12 bits per heavy atom. The number of rotatable bonds is 20. The lowest BCUT2D eigenvalue weighted by Crippen LogP contribution is -2.17. The molecule has 0 aliphatic carbocycles. The van der Waals surface area contributed by atoms with Crippen molar-refractivity contribution in [3.8, 4) is 0 Å². The van der Waals surface area contributed by atoms with Crippen molar-refractivity contribution in [2.24, 2.45) is 0 Å². The summed E-state index contributed by atoms with van der Waals surface area (Å²) in [5.41, 5.74) is 0. The van der Waals surface area contributed by atoms with Gasteiger partial charge in [-0.3, -0.25) is 0 Å². The van der Waals surface area contributed by atoms with Gasteiger partial charge in [-0.1, -0.05) is 71.6 Å². The van der Waals surface area contributed by atoms with Gasteiger partial charge in [-0.05, 0) is 12.8 Å². The van der Waals surface area contributed by atoms with Crippen LogP contribution in [0.25, 0.3) is 0 Å². The van der Waals surface area contributed by atoms with Crippen molar-refractivity contribution in [3.05, 3.63) is 0 Å². The Hall–Kier alpha value is -0.160. The number of ether oxygens (including phenoxy) is 3. The molecular weight excluding hydrogens is 304 g/mol. The highest BCUT2D eigenvalue weighted by Gasteiger charge is 2.09. The van der Waals surface area contributed by atoms with Gasteiger partial charge < -0.3 is 19.3 Å². The lowest BCUT2D eigenvalue weighted by atomic mass is 10.0. The monoisotopic (exact) mass is 346 g/mol. The molecule has 0 aromatic carbocycles. The van der Waals surface area contributed by atoms with Crippen molar-refractivity contribution in [1.29, 1.82) is 0 Å². The number of hydrogen-bond donors (Lipinski definition) is 1. The van der Waals surface area contributed by atoms with Crippen LogP contribution in [0, 0.1) is 0 Å². The zero-order valence-electron chi connectivity index (χ0n) is 16.3. The van der Waals surface area contributed by atoms with Gasteiger partial charge in [-0.2, -0.15) is 0 Å². The molecule has 0 aliphatic rings. The predicted molar refractivity (Wildman–Crippen MR) is 101 cm³/mol. The first-order valence-electron chi connectivity index (χ1n) is 10.2. The van der Waals surface area contributed by atoms with E-state index in [4.69, 9.17) is 19.3 Å². The molecule has 0 saturated heterocycles. The van der Waals surface area contributed by atoms with Crippen LogP contribution in [0.4, 0.5) is 0 Å². The fourth-order valence-electron chi connectivity index (χ4n) is 2.75. The maximum Gasteiger partial charge on any atom is 0.0704 e. The molecule has 0 aromatic heterocycles. The zero-order chi connectivity index (χ0) is 17.7. The van der Waals surface area contributed by atoms with E-state index in [-0.39, 0.29) is 6.61 Å². The molecule has 4 heteroatoms. The number of aliphatic hydroxyl groups excluding tert-OH is 1. The Morgan fingerprint density at radius 1 is 0.625 bits per heavy atom. The topological polar surface area (TPSA) is 47.9 Å². The van der Waals surface area contributed by atoms with Crippen LogP contribution in [0.15, 0.2) is 0 Å². The summed E-state index contributed by atoms with van der Waals surface area (Å²) in [5, 5.41) is 8.61. The van der Waals surface area contributed by atoms with Crippen LogP contribution in [0.1, 0.15) is 84.5 Å². The standard InChI is InChI=1S/C20H42O4/c1-3-5-7-9-11-13-20(12-10-8-6-4-2)24-19-18-23-17-16-22-15-14-21/h20-21H,3-19H2,1-2H3. The minimum atomic E-state index is 0.0705. The third kappa shape index (κ3) is 18.2. The molecular formula is C20H42O4. The van der Waals surface area contributed by atoms with Gasteiger partial charge in [0.1, 0.15) is 0 Å². The Labute approximate surface area is 150 Å². The lowest BCUT2D eigenvalue weighted by molar-refractivity contribution is -0.0199. The van der Waals surface area contributed by atoms with Crippen LogP contribution in [0.2, 0.25) is 0 Å². The maximum atomic E-state index is 8.61. The van der Waals surface area contributed by atoms with Crippen LogP contribution < -0.4 is 0 Å². The number of aliphatic hydroxyl groups is 1. The fourth-order valence-corrected chi connectivity index (χ4v) is 2.75. The van der Waals surface area contributed by atoms with E-state index in [2.05, 4.69) is 13.8 Å². The van der Waals surface area contributed by atoms with Crippen molar-refractivity contribution >= 4 is 0 Å². The van der Waals surface area contributed by atoms with Crippen molar-refractivity contribution < 1.29 is 19.3 Å². The van der Waals surface area contributed by atoms with Gasteiger partial charge in [0.2, 0.25) is 0 Å². The minimum absolute atomic E-state index is 0.0705. The molecule has 0 aliphatic heterocycles. The van der Waals surface area contributed by atoms with E-state index in [0.717, 1.165) is 0 Å². The smallest absolute Gasteiger partial charge is 0.0704 e. The third-order valence-electron chi connectivity index (χ3n) is 4.20. The number of unbranched alkanes of at least 4 members (excludes halogenated alkanes) is 7. The first-order chi connectivity index (χ1) is 11.8. The SMILES string of the molecule is CCCCCCCC(CCCCCC)OCCOCCOCCO.